The van der Waals surface area contributed by atoms with Crippen LogP contribution in [0.1, 0.15) is 24.5 Å². The molecule has 0 aromatic heterocycles. The summed E-state index contributed by atoms with van der Waals surface area (Å²) < 4.78 is 36.3. The van der Waals surface area contributed by atoms with Crippen LogP contribution in [0.2, 0.25) is 0 Å². The third kappa shape index (κ3) is 5.38. The number of halogens is 3. The van der Waals surface area contributed by atoms with Crippen molar-refractivity contribution in [2.75, 3.05) is 5.73 Å². The molecule has 0 fully saturated rings. The third-order valence-electron chi connectivity index (χ3n) is 1.59. The number of carbonyl (C=O) groups is 1. The molecule has 90 valence electrons. The Balaban J connectivity index is 0.000000487. The van der Waals surface area contributed by atoms with Gasteiger partial charge in [-0.2, -0.15) is 13.2 Å². The van der Waals surface area contributed by atoms with E-state index in [1.165, 1.54) is 6.07 Å². The number of aldehydes is 1. The fraction of sp³-hybridized carbons (Fsp3) is 0.364. The summed E-state index contributed by atoms with van der Waals surface area (Å²) in [6.45, 7) is 3.39. The lowest BCUT2D eigenvalue weighted by Crippen LogP contribution is -2.05. The molecule has 0 saturated heterocycles. The molecule has 0 heterocycles. The van der Waals surface area contributed by atoms with E-state index in [-0.39, 0.29) is 5.69 Å². The zero-order valence-corrected chi connectivity index (χ0v) is 9.14. The second kappa shape index (κ2) is 6.15. The molecule has 0 aliphatic rings. The van der Waals surface area contributed by atoms with E-state index in [1.54, 1.807) is 6.92 Å². The van der Waals surface area contributed by atoms with Gasteiger partial charge in [0.2, 0.25) is 0 Å². The van der Waals surface area contributed by atoms with E-state index in [0.29, 0.717) is 12.0 Å². The van der Waals surface area contributed by atoms with Gasteiger partial charge < -0.3 is 10.5 Å². The van der Waals surface area contributed by atoms with Gasteiger partial charge in [0.25, 0.3) is 0 Å². The van der Waals surface area contributed by atoms with Crippen LogP contribution >= 0.6 is 0 Å². The van der Waals surface area contributed by atoms with Gasteiger partial charge in [-0.1, -0.05) is 6.92 Å². The predicted molar refractivity (Wildman–Crippen MR) is 56.9 cm³/mol. The standard InChI is InChI=1S/C8H8F3N.C3H6O/c1-5-2-6(8(9,10)11)4-7(12)3-5;1-2-3-4/h2-4H,12H2,1H3;3H,2H2,1H3. The molecular weight excluding hydrogens is 219 g/mol. The minimum atomic E-state index is -4.31. The molecule has 0 radical (unpaired) electrons. The smallest absolute Gasteiger partial charge is 0.399 e. The summed E-state index contributed by atoms with van der Waals surface area (Å²) in [4.78, 5) is 9.17. The molecule has 0 spiro atoms. The second-order valence-electron chi connectivity index (χ2n) is 3.21. The van der Waals surface area contributed by atoms with Gasteiger partial charge in [-0.25, -0.2) is 0 Å². The Morgan fingerprint density at radius 2 is 1.81 bits per heavy atom. The number of benzene rings is 1. The summed E-state index contributed by atoms with van der Waals surface area (Å²) in [6.07, 6.45) is -2.79. The fourth-order valence-corrected chi connectivity index (χ4v) is 0.976. The first-order valence-corrected chi connectivity index (χ1v) is 4.69. The van der Waals surface area contributed by atoms with E-state index in [9.17, 15) is 18.0 Å². The van der Waals surface area contributed by atoms with E-state index in [0.717, 1.165) is 18.4 Å². The topological polar surface area (TPSA) is 43.1 Å². The van der Waals surface area contributed by atoms with Gasteiger partial charge in [0.05, 0.1) is 5.56 Å². The summed E-state index contributed by atoms with van der Waals surface area (Å²) in [5, 5.41) is 0. The lowest BCUT2D eigenvalue weighted by molar-refractivity contribution is -0.137. The molecule has 0 aliphatic heterocycles. The molecule has 2 nitrogen and oxygen atoms in total. The number of nitrogen functional groups attached to an aromatic ring is 1. The van der Waals surface area contributed by atoms with Crippen molar-refractivity contribution in [3.63, 3.8) is 0 Å². The highest BCUT2D eigenvalue weighted by atomic mass is 19.4. The molecule has 1 rings (SSSR count). The highest BCUT2D eigenvalue weighted by Gasteiger charge is 2.30. The van der Waals surface area contributed by atoms with Crippen molar-refractivity contribution in [3.8, 4) is 0 Å². The van der Waals surface area contributed by atoms with Crippen LogP contribution in [0.25, 0.3) is 0 Å². The number of nitrogens with two attached hydrogens (primary N) is 1. The maximum atomic E-state index is 12.1. The van der Waals surface area contributed by atoms with Crippen LogP contribution in [0.4, 0.5) is 18.9 Å². The van der Waals surface area contributed by atoms with Crippen molar-refractivity contribution >= 4 is 12.0 Å². The minimum absolute atomic E-state index is 0.141. The minimum Gasteiger partial charge on any atom is -0.399 e. The molecular formula is C11H14F3NO. The van der Waals surface area contributed by atoms with Crippen molar-refractivity contribution in [2.45, 2.75) is 26.4 Å². The van der Waals surface area contributed by atoms with E-state index >= 15 is 0 Å². The number of carbonyl (C=O) groups excluding carboxylic acids is 1. The molecule has 1 aromatic carbocycles. The van der Waals surface area contributed by atoms with Gasteiger partial charge >= 0.3 is 6.18 Å². The van der Waals surface area contributed by atoms with Gasteiger partial charge in [0.15, 0.2) is 0 Å². The molecule has 5 heteroatoms. The van der Waals surface area contributed by atoms with Crippen molar-refractivity contribution in [3.05, 3.63) is 29.3 Å². The first-order chi connectivity index (χ1) is 7.31. The Morgan fingerprint density at radius 3 is 2.12 bits per heavy atom. The molecule has 0 unspecified atom stereocenters. The number of rotatable bonds is 1. The largest absolute Gasteiger partial charge is 0.416 e. The van der Waals surface area contributed by atoms with Gasteiger partial charge in [-0.05, 0) is 30.7 Å². The summed E-state index contributed by atoms with van der Waals surface area (Å²) in [5.41, 5.74) is 5.22. The van der Waals surface area contributed by atoms with E-state index < -0.39 is 11.7 Å². The number of hydrogen-bond acceptors (Lipinski definition) is 2. The quantitative estimate of drug-likeness (QED) is 0.598. The molecule has 1 aromatic rings. The summed E-state index contributed by atoms with van der Waals surface area (Å²) in [7, 11) is 0. The highest BCUT2D eigenvalue weighted by molar-refractivity contribution is 5.48. The average molecular weight is 233 g/mol. The van der Waals surface area contributed by atoms with Crippen LogP contribution < -0.4 is 5.73 Å². The molecule has 0 aliphatic carbocycles. The Bertz CT molecular complexity index is 327. The number of anilines is 1. The third-order valence-corrected chi connectivity index (χ3v) is 1.59. The highest BCUT2D eigenvalue weighted by Crippen LogP contribution is 2.30. The van der Waals surface area contributed by atoms with Crippen LogP contribution in [0.15, 0.2) is 18.2 Å². The number of alkyl halides is 3. The molecule has 0 saturated carbocycles. The van der Waals surface area contributed by atoms with Crippen LogP contribution in [0.5, 0.6) is 0 Å². The lowest BCUT2D eigenvalue weighted by atomic mass is 10.1. The van der Waals surface area contributed by atoms with Crippen molar-refractivity contribution in [1.82, 2.24) is 0 Å². The molecule has 0 amide bonds. The monoisotopic (exact) mass is 233 g/mol. The molecule has 0 atom stereocenters. The van der Waals surface area contributed by atoms with Crippen LogP contribution in [-0.2, 0) is 11.0 Å². The maximum Gasteiger partial charge on any atom is 0.416 e. The Hall–Kier alpha value is -1.52. The number of hydrogen-bond donors (Lipinski definition) is 1. The number of aryl methyl sites for hydroxylation is 1. The molecule has 16 heavy (non-hydrogen) atoms. The van der Waals surface area contributed by atoms with Gasteiger partial charge in [-0.15, -0.1) is 0 Å². The predicted octanol–water partition coefficient (Wildman–Crippen LogP) is 3.19. The summed E-state index contributed by atoms with van der Waals surface area (Å²) >= 11 is 0. The van der Waals surface area contributed by atoms with Crippen LogP contribution in [0.3, 0.4) is 0 Å². The normalized spacial score (nSPS) is 10.3. The molecule has 2 N–H and O–H groups in total. The maximum absolute atomic E-state index is 12.1. The van der Waals surface area contributed by atoms with Crippen LogP contribution in [-0.4, -0.2) is 6.29 Å². The van der Waals surface area contributed by atoms with E-state index in [1.807, 2.05) is 6.92 Å². The lowest BCUT2D eigenvalue weighted by Gasteiger charge is -2.07. The molecule has 0 bridgehead atoms. The summed E-state index contributed by atoms with van der Waals surface area (Å²) in [5.74, 6) is 0. The fourth-order valence-electron chi connectivity index (χ4n) is 0.976. The first kappa shape index (κ1) is 14.5. The Kier molecular flexibility index (Phi) is 5.56. The van der Waals surface area contributed by atoms with Crippen LogP contribution in [0, 0.1) is 6.92 Å². The Labute approximate surface area is 92.3 Å². The van der Waals surface area contributed by atoms with Gasteiger partial charge in [0, 0.05) is 12.1 Å². The zero-order valence-electron chi connectivity index (χ0n) is 9.14. The van der Waals surface area contributed by atoms with Crippen molar-refractivity contribution < 1.29 is 18.0 Å². The average Bonchev–Trinajstić information content (AvgIpc) is 2.15. The van der Waals surface area contributed by atoms with Crippen molar-refractivity contribution in [1.29, 1.82) is 0 Å². The van der Waals surface area contributed by atoms with E-state index in [4.69, 9.17) is 5.73 Å². The summed E-state index contributed by atoms with van der Waals surface area (Å²) in [6, 6.07) is 3.48. The Morgan fingerprint density at radius 1 is 1.31 bits per heavy atom. The zero-order chi connectivity index (χ0) is 12.8. The SMILES string of the molecule is CCC=O.Cc1cc(N)cc(C(F)(F)F)c1. The first-order valence-electron chi connectivity index (χ1n) is 4.69. The van der Waals surface area contributed by atoms with E-state index in [2.05, 4.69) is 0 Å². The van der Waals surface area contributed by atoms with Crippen molar-refractivity contribution in [2.24, 2.45) is 0 Å². The second-order valence-corrected chi connectivity index (χ2v) is 3.21. The van der Waals surface area contributed by atoms with Gasteiger partial charge in [0.1, 0.15) is 6.29 Å². The van der Waals surface area contributed by atoms with Gasteiger partial charge in [-0.3, -0.25) is 0 Å².